The zero-order valence-corrected chi connectivity index (χ0v) is 32.0. The van der Waals surface area contributed by atoms with Gasteiger partial charge in [-0.3, -0.25) is 23.9 Å². The molecule has 1 aromatic rings. The van der Waals surface area contributed by atoms with Crippen molar-refractivity contribution in [3.8, 4) is 0 Å². The van der Waals surface area contributed by atoms with E-state index in [1.807, 2.05) is 18.6 Å². The molecule has 1 aliphatic heterocycles. The number of halogens is 3. The van der Waals surface area contributed by atoms with E-state index in [9.17, 15) is 50.7 Å². The van der Waals surface area contributed by atoms with Crippen molar-refractivity contribution >= 4 is 45.4 Å². The van der Waals surface area contributed by atoms with Crippen LogP contribution in [0.4, 0.5) is 23.7 Å². The summed E-state index contributed by atoms with van der Waals surface area (Å²) in [5.41, 5.74) is -0.0716. The van der Waals surface area contributed by atoms with Crippen LogP contribution < -0.4 is 15.4 Å². The zero-order chi connectivity index (χ0) is 40.4. The van der Waals surface area contributed by atoms with E-state index in [1.165, 1.54) is 38.2 Å². The lowest BCUT2D eigenvalue weighted by Crippen LogP contribution is -2.57. The van der Waals surface area contributed by atoms with Crippen molar-refractivity contribution in [2.45, 2.75) is 103 Å². The highest BCUT2D eigenvalue weighted by atomic mass is 32.2. The summed E-state index contributed by atoms with van der Waals surface area (Å²) in [4.78, 5) is 66.3. The summed E-state index contributed by atoms with van der Waals surface area (Å²) in [5, 5.41) is 13.3. The van der Waals surface area contributed by atoms with Crippen LogP contribution in [0.2, 0.25) is 0 Å². The number of hydrogen-bond acceptors (Lipinski definition) is 9. The molecule has 2 rings (SSSR count). The number of carbonyl (C=O) groups excluding carboxylic acids is 4. The Kier molecular flexibility index (Phi) is 16.5. The molecule has 0 radical (unpaired) electrons. The SMILES string of the molecule is CC[C@@H](C)[C@@H]([C@@H](CC(=O)N1CCC[C@H]1[C@H](OC)[C@@H](C)C(=O)NS(=O)(=O)Cc1ccc(NC(=O)C(F)(F)F)cc1)OC)N(C)C(=O)[C@@H](NC(=O)O)C(C)C. The van der Waals surface area contributed by atoms with Gasteiger partial charge in [-0.25, -0.2) is 13.2 Å². The molecule has 5 amide bonds. The molecule has 4 N–H and O–H groups in total. The fourth-order valence-electron chi connectivity index (χ4n) is 6.56. The summed E-state index contributed by atoms with van der Waals surface area (Å²) >= 11 is 0. The second-order valence-corrected chi connectivity index (χ2v) is 15.4. The molecule has 0 aliphatic carbocycles. The van der Waals surface area contributed by atoms with Gasteiger partial charge in [-0.2, -0.15) is 13.2 Å². The van der Waals surface area contributed by atoms with E-state index in [-0.39, 0.29) is 35.4 Å². The molecule has 1 aromatic carbocycles. The number of likely N-dealkylation sites (N-methyl/N-ethyl adjacent to an activating group) is 1. The van der Waals surface area contributed by atoms with Gasteiger partial charge in [0.25, 0.3) is 0 Å². The molecule has 0 aromatic heterocycles. The van der Waals surface area contributed by atoms with Gasteiger partial charge in [0.2, 0.25) is 27.7 Å². The predicted molar refractivity (Wildman–Crippen MR) is 188 cm³/mol. The fraction of sp³-hybridized carbons (Fsp3) is 0.676. The number of likely N-dealkylation sites (tertiary alicyclic amines) is 1. The largest absolute Gasteiger partial charge is 0.471 e. The molecule has 0 bridgehead atoms. The Labute approximate surface area is 308 Å². The summed E-state index contributed by atoms with van der Waals surface area (Å²) < 4.78 is 76.9. The first-order valence-corrected chi connectivity index (χ1v) is 18.9. The number of nitrogens with one attached hydrogen (secondary N) is 3. The monoisotopic (exact) mass is 779 g/mol. The van der Waals surface area contributed by atoms with Gasteiger partial charge in [0.15, 0.2) is 0 Å². The highest BCUT2D eigenvalue weighted by molar-refractivity contribution is 7.89. The number of anilines is 1. The first-order chi connectivity index (χ1) is 24.6. The number of sulfonamides is 1. The minimum absolute atomic E-state index is 0.132. The van der Waals surface area contributed by atoms with Crippen LogP contribution in [0, 0.1) is 17.8 Å². The van der Waals surface area contributed by atoms with Gasteiger partial charge in [-0.1, -0.05) is 53.2 Å². The minimum atomic E-state index is -5.10. The van der Waals surface area contributed by atoms with Crippen molar-refractivity contribution in [3.63, 3.8) is 0 Å². The molecule has 15 nitrogen and oxygen atoms in total. The molecule has 0 saturated carbocycles. The Balaban J connectivity index is 2.19. The minimum Gasteiger partial charge on any atom is -0.465 e. The molecule has 1 saturated heterocycles. The van der Waals surface area contributed by atoms with Crippen LogP contribution in [0.25, 0.3) is 0 Å². The van der Waals surface area contributed by atoms with E-state index in [0.29, 0.717) is 25.8 Å². The molecule has 53 heavy (non-hydrogen) atoms. The van der Waals surface area contributed by atoms with Crippen LogP contribution >= 0.6 is 0 Å². The molecule has 300 valence electrons. The first-order valence-electron chi connectivity index (χ1n) is 17.2. The van der Waals surface area contributed by atoms with Gasteiger partial charge in [0, 0.05) is 33.5 Å². The molecule has 19 heteroatoms. The summed E-state index contributed by atoms with van der Waals surface area (Å²) in [7, 11) is 0.0242. The third kappa shape index (κ3) is 12.6. The lowest BCUT2D eigenvalue weighted by molar-refractivity contribution is -0.167. The fourth-order valence-corrected chi connectivity index (χ4v) is 7.76. The van der Waals surface area contributed by atoms with Crippen LogP contribution in [0.5, 0.6) is 0 Å². The van der Waals surface area contributed by atoms with Gasteiger partial charge in [-0.05, 0) is 42.4 Å². The number of ether oxygens (including phenoxy) is 2. The number of benzene rings is 1. The van der Waals surface area contributed by atoms with E-state index < -0.39 is 82.0 Å². The van der Waals surface area contributed by atoms with E-state index in [2.05, 4.69) is 5.32 Å². The van der Waals surface area contributed by atoms with E-state index >= 15 is 0 Å². The second-order valence-electron chi connectivity index (χ2n) is 13.6. The molecule has 1 fully saturated rings. The number of carboxylic acid groups (broad SMARTS) is 1. The maximum Gasteiger partial charge on any atom is 0.471 e. The summed E-state index contributed by atoms with van der Waals surface area (Å²) in [6, 6.07) is 2.34. The van der Waals surface area contributed by atoms with Crippen LogP contribution in [0.1, 0.15) is 65.9 Å². The zero-order valence-electron chi connectivity index (χ0n) is 31.2. The Bertz CT molecular complexity index is 1540. The van der Waals surface area contributed by atoms with Gasteiger partial charge < -0.3 is 35.0 Å². The lowest BCUT2D eigenvalue weighted by atomic mass is 9.89. The summed E-state index contributed by atoms with van der Waals surface area (Å²) in [6.07, 6.45) is -6.65. The summed E-state index contributed by atoms with van der Waals surface area (Å²) in [6.45, 7) is 9.05. The maximum absolute atomic E-state index is 13.9. The number of carbonyl (C=O) groups is 5. The normalized spacial score (nSPS) is 18.3. The number of amides is 5. The Morgan fingerprint density at radius 2 is 1.64 bits per heavy atom. The van der Waals surface area contributed by atoms with Crippen LogP contribution in [-0.2, 0) is 44.4 Å². The molecular weight excluding hydrogens is 727 g/mol. The molecular formula is C34H52F3N5O10S. The topological polar surface area (TPSA) is 201 Å². The average molecular weight is 780 g/mol. The Morgan fingerprint density at radius 1 is 1.04 bits per heavy atom. The number of hydrogen-bond donors (Lipinski definition) is 4. The number of nitrogens with zero attached hydrogens (tertiary/aromatic N) is 2. The molecule has 1 heterocycles. The number of alkyl halides is 3. The van der Waals surface area contributed by atoms with E-state index in [0.717, 1.165) is 12.1 Å². The second kappa shape index (κ2) is 19.4. The van der Waals surface area contributed by atoms with Crippen molar-refractivity contribution in [1.82, 2.24) is 19.8 Å². The van der Waals surface area contributed by atoms with Crippen molar-refractivity contribution in [2.24, 2.45) is 17.8 Å². The highest BCUT2D eigenvalue weighted by Crippen LogP contribution is 2.30. The van der Waals surface area contributed by atoms with Gasteiger partial charge >= 0.3 is 18.2 Å². The van der Waals surface area contributed by atoms with E-state index in [4.69, 9.17) is 9.47 Å². The predicted octanol–water partition coefficient (Wildman–Crippen LogP) is 3.35. The quantitative estimate of drug-likeness (QED) is 0.171. The van der Waals surface area contributed by atoms with Crippen LogP contribution in [-0.4, -0.2) is 117 Å². The van der Waals surface area contributed by atoms with Crippen LogP contribution in [0.15, 0.2) is 24.3 Å². The Morgan fingerprint density at radius 3 is 2.13 bits per heavy atom. The molecule has 7 atom stereocenters. The standard InChI is InChI=1S/C34H52F3N5O10S/c1-9-20(4)28(41(6)31(45)27(19(2)3)39-33(47)48)25(51-7)17-26(43)42-16-10-11-24(42)29(52-8)21(5)30(44)40-53(49,50)18-22-12-14-23(15-13-22)38-32(46)34(35,36)37/h12-15,19-21,24-25,27-29,39H,9-11,16-18H2,1-8H3,(H,38,46)(H,40,44)(H,47,48)/t20-,21-,24+,25-,27+,28+,29-/m1/s1. The third-order valence-electron chi connectivity index (χ3n) is 9.55. The van der Waals surface area contributed by atoms with Crippen molar-refractivity contribution < 1.29 is 60.1 Å². The Hall–Kier alpha value is -3.97. The number of rotatable bonds is 18. The first kappa shape index (κ1) is 45.2. The highest BCUT2D eigenvalue weighted by Gasteiger charge is 2.43. The van der Waals surface area contributed by atoms with Gasteiger partial charge in [0.1, 0.15) is 6.04 Å². The van der Waals surface area contributed by atoms with Crippen molar-refractivity contribution in [3.05, 3.63) is 29.8 Å². The molecule has 1 aliphatic rings. The number of methoxy groups -OCH3 is 2. The molecule has 0 spiro atoms. The van der Waals surface area contributed by atoms with Crippen molar-refractivity contribution in [2.75, 3.05) is 33.1 Å². The van der Waals surface area contributed by atoms with Gasteiger partial charge in [-0.15, -0.1) is 0 Å². The summed E-state index contributed by atoms with van der Waals surface area (Å²) in [5.74, 6) is -6.15. The average Bonchev–Trinajstić information content (AvgIpc) is 3.56. The van der Waals surface area contributed by atoms with Crippen molar-refractivity contribution in [1.29, 1.82) is 0 Å². The smallest absolute Gasteiger partial charge is 0.465 e. The van der Waals surface area contributed by atoms with Crippen LogP contribution in [0.3, 0.4) is 0 Å². The molecule has 0 unspecified atom stereocenters. The van der Waals surface area contributed by atoms with E-state index in [1.54, 1.807) is 31.1 Å². The van der Waals surface area contributed by atoms with Gasteiger partial charge in [0.05, 0.1) is 42.4 Å². The third-order valence-corrected chi connectivity index (χ3v) is 10.8. The maximum atomic E-state index is 13.9. The lowest BCUT2D eigenvalue weighted by Gasteiger charge is -2.40.